The van der Waals surface area contributed by atoms with Crippen molar-refractivity contribution in [1.29, 1.82) is 0 Å². The molecule has 3 aromatic carbocycles. The van der Waals surface area contributed by atoms with Crippen molar-refractivity contribution in [2.45, 2.75) is 41.6 Å². The van der Waals surface area contributed by atoms with Crippen LogP contribution in [0.4, 0.5) is 5.69 Å². The molecule has 0 unspecified atom stereocenters. The third-order valence-corrected chi connectivity index (χ3v) is 8.28. The van der Waals surface area contributed by atoms with Gasteiger partial charge in [-0.25, -0.2) is 13.4 Å². The summed E-state index contributed by atoms with van der Waals surface area (Å²) < 4.78 is 41.0. The average Bonchev–Trinajstić information content (AvgIpc) is 3.46. The van der Waals surface area contributed by atoms with Crippen LogP contribution in [0.15, 0.2) is 95.2 Å². The zero-order valence-electron chi connectivity index (χ0n) is 19.7. The highest BCUT2D eigenvalue weighted by molar-refractivity contribution is 7.99. The van der Waals surface area contributed by atoms with E-state index in [-0.39, 0.29) is 23.7 Å². The van der Waals surface area contributed by atoms with E-state index >= 15 is 0 Å². The van der Waals surface area contributed by atoms with Crippen LogP contribution in [0.1, 0.15) is 35.5 Å². The minimum Gasteiger partial charge on any atom is -0.392 e. The van der Waals surface area contributed by atoms with Crippen molar-refractivity contribution in [2.24, 2.45) is 0 Å². The Labute approximate surface area is 219 Å². The molecule has 3 N–H and O–H groups in total. The molecule has 37 heavy (non-hydrogen) atoms. The Balaban J connectivity index is 1.37. The molecule has 4 aromatic rings. The fourth-order valence-electron chi connectivity index (χ4n) is 4.02. The van der Waals surface area contributed by atoms with Crippen molar-refractivity contribution >= 4 is 27.5 Å². The van der Waals surface area contributed by atoms with Crippen molar-refractivity contribution in [3.8, 4) is 0 Å². The number of hydrogen-bond donors (Lipinski definition) is 3. The monoisotopic (exact) mass is 538 g/mol. The van der Waals surface area contributed by atoms with Gasteiger partial charge in [-0.15, -0.1) is 0 Å². The van der Waals surface area contributed by atoms with Crippen LogP contribution in [0.5, 0.6) is 0 Å². The maximum absolute atomic E-state index is 12.8. The van der Waals surface area contributed by atoms with Crippen LogP contribution in [0, 0.1) is 0 Å². The van der Waals surface area contributed by atoms with E-state index in [1.54, 1.807) is 48.5 Å². The number of sulfonamides is 1. The van der Waals surface area contributed by atoms with Gasteiger partial charge < -0.3 is 14.6 Å². The largest absolute Gasteiger partial charge is 0.392 e. The lowest BCUT2D eigenvalue weighted by molar-refractivity contribution is -0.245. The molecule has 2 heterocycles. The number of nitrogens with one attached hydrogen (secondary N) is 2. The van der Waals surface area contributed by atoms with Gasteiger partial charge in [-0.1, -0.05) is 66.4 Å². The molecule has 0 radical (unpaired) electrons. The summed E-state index contributed by atoms with van der Waals surface area (Å²) >= 11 is 1.51. The number of H-pyrrole nitrogens is 1. The number of aromatic nitrogens is 3. The first-order valence-electron chi connectivity index (χ1n) is 11.7. The molecule has 0 amide bonds. The standard InChI is InChI=1S/C26H26N4O5S2/c31-15-18-9-11-19(12-10-18)24-14-22(16-36-26-27-17-28-29-26)34-25(35-24)20-5-4-6-21(13-20)30-37(32,33)23-7-2-1-3-8-23/h1-13,17,22,24-25,30-31H,14-16H2,(H,27,28,29)/t22-,24+,25+/m0/s1. The van der Waals surface area contributed by atoms with Gasteiger partial charge in [0, 0.05) is 23.4 Å². The highest BCUT2D eigenvalue weighted by Gasteiger charge is 2.32. The first-order valence-corrected chi connectivity index (χ1v) is 14.1. The predicted molar refractivity (Wildman–Crippen MR) is 139 cm³/mol. The first kappa shape index (κ1) is 25.4. The molecule has 0 aliphatic carbocycles. The van der Waals surface area contributed by atoms with Gasteiger partial charge in [0.25, 0.3) is 10.0 Å². The fraction of sp³-hybridized carbons (Fsp3) is 0.231. The summed E-state index contributed by atoms with van der Waals surface area (Å²) in [6.45, 7) is -0.0281. The second kappa shape index (κ2) is 11.4. The van der Waals surface area contributed by atoms with E-state index in [2.05, 4.69) is 19.9 Å². The molecule has 0 spiro atoms. The van der Waals surface area contributed by atoms with Crippen LogP contribution in [0.25, 0.3) is 0 Å². The molecule has 1 fully saturated rings. The van der Waals surface area contributed by atoms with E-state index in [0.717, 1.165) is 11.1 Å². The second-order valence-electron chi connectivity index (χ2n) is 8.50. The minimum absolute atomic E-state index is 0.0281. The number of hydrogen-bond acceptors (Lipinski definition) is 8. The fourth-order valence-corrected chi connectivity index (χ4v) is 5.89. The highest BCUT2D eigenvalue weighted by Crippen LogP contribution is 2.39. The van der Waals surface area contributed by atoms with Crippen LogP contribution in [-0.4, -0.2) is 40.6 Å². The van der Waals surface area contributed by atoms with Crippen LogP contribution in [-0.2, 0) is 26.1 Å². The Bertz CT molecular complexity index is 1400. The molecule has 5 rings (SSSR count). The number of aliphatic hydroxyl groups excluding tert-OH is 1. The zero-order valence-corrected chi connectivity index (χ0v) is 21.4. The number of anilines is 1. The summed E-state index contributed by atoms with van der Waals surface area (Å²) in [6, 6.07) is 22.9. The number of ether oxygens (including phenoxy) is 2. The van der Waals surface area contributed by atoms with Crippen molar-refractivity contribution in [3.63, 3.8) is 0 Å². The molecule has 1 aromatic heterocycles. The molecule has 3 atom stereocenters. The normalized spacial score (nSPS) is 20.0. The van der Waals surface area contributed by atoms with Gasteiger partial charge in [-0.2, -0.15) is 5.10 Å². The van der Waals surface area contributed by atoms with Crippen LogP contribution in [0.2, 0.25) is 0 Å². The van der Waals surface area contributed by atoms with E-state index in [9.17, 15) is 13.5 Å². The molecule has 11 heteroatoms. The van der Waals surface area contributed by atoms with Crippen LogP contribution < -0.4 is 4.72 Å². The van der Waals surface area contributed by atoms with E-state index in [4.69, 9.17) is 9.47 Å². The maximum Gasteiger partial charge on any atom is 0.261 e. The quantitative estimate of drug-likeness (QED) is 0.267. The topological polar surface area (TPSA) is 126 Å². The van der Waals surface area contributed by atoms with E-state index in [0.29, 0.717) is 28.6 Å². The number of nitrogens with zero attached hydrogens (tertiary/aromatic N) is 2. The van der Waals surface area contributed by atoms with Crippen molar-refractivity contribution in [1.82, 2.24) is 15.2 Å². The van der Waals surface area contributed by atoms with Crippen LogP contribution in [0.3, 0.4) is 0 Å². The second-order valence-corrected chi connectivity index (χ2v) is 11.2. The lowest BCUT2D eigenvalue weighted by Gasteiger charge is -2.36. The molecule has 0 saturated carbocycles. The Hall–Kier alpha value is -3.22. The van der Waals surface area contributed by atoms with Crippen molar-refractivity contribution in [2.75, 3.05) is 10.5 Å². The number of thioether (sulfide) groups is 1. The highest BCUT2D eigenvalue weighted by atomic mass is 32.2. The molecule has 0 bridgehead atoms. The Morgan fingerprint density at radius 1 is 1.00 bits per heavy atom. The molecule has 1 saturated heterocycles. The van der Waals surface area contributed by atoms with Crippen molar-refractivity contribution in [3.05, 3.63) is 102 Å². The first-order chi connectivity index (χ1) is 18.0. The molecular weight excluding hydrogens is 512 g/mol. The number of rotatable bonds is 9. The molecule has 192 valence electrons. The third-order valence-electron chi connectivity index (χ3n) is 5.88. The van der Waals surface area contributed by atoms with Gasteiger partial charge in [0.2, 0.25) is 0 Å². The molecule has 1 aliphatic heterocycles. The minimum atomic E-state index is -3.74. The van der Waals surface area contributed by atoms with Gasteiger partial charge in [-0.3, -0.25) is 9.82 Å². The van der Waals surface area contributed by atoms with Crippen LogP contribution >= 0.6 is 11.8 Å². The average molecular weight is 539 g/mol. The Morgan fingerprint density at radius 2 is 1.81 bits per heavy atom. The summed E-state index contributed by atoms with van der Waals surface area (Å²) in [6.07, 6.45) is 0.954. The summed E-state index contributed by atoms with van der Waals surface area (Å²) in [7, 11) is -3.74. The summed E-state index contributed by atoms with van der Waals surface area (Å²) in [5.74, 6) is 0.626. The zero-order chi connectivity index (χ0) is 25.7. The Morgan fingerprint density at radius 3 is 2.54 bits per heavy atom. The SMILES string of the molecule is O=S(=O)(Nc1cccc([C@@H]2O[C@H](CSc3ncn[nH]3)C[C@H](c3ccc(CO)cc3)O2)c1)c1ccccc1. The maximum atomic E-state index is 12.8. The number of aromatic amines is 1. The number of aliphatic hydroxyl groups is 1. The van der Waals surface area contributed by atoms with Gasteiger partial charge >= 0.3 is 0 Å². The van der Waals surface area contributed by atoms with E-state index in [1.807, 2.05) is 30.3 Å². The Kier molecular flexibility index (Phi) is 7.87. The van der Waals surface area contributed by atoms with Gasteiger partial charge in [0.1, 0.15) is 6.33 Å². The van der Waals surface area contributed by atoms with E-state index in [1.165, 1.54) is 18.1 Å². The van der Waals surface area contributed by atoms with Gasteiger partial charge in [-0.05, 0) is 35.4 Å². The third kappa shape index (κ3) is 6.38. The number of benzene rings is 3. The summed E-state index contributed by atoms with van der Waals surface area (Å²) in [5.41, 5.74) is 2.90. The summed E-state index contributed by atoms with van der Waals surface area (Å²) in [4.78, 5) is 4.35. The summed E-state index contributed by atoms with van der Waals surface area (Å²) in [5, 5.41) is 16.8. The van der Waals surface area contributed by atoms with Gasteiger partial charge in [0.15, 0.2) is 11.4 Å². The molecule has 9 nitrogen and oxygen atoms in total. The van der Waals surface area contributed by atoms with Gasteiger partial charge in [0.05, 0.1) is 23.7 Å². The predicted octanol–water partition coefficient (Wildman–Crippen LogP) is 4.44. The molecular formula is C26H26N4O5S2. The smallest absolute Gasteiger partial charge is 0.261 e. The van der Waals surface area contributed by atoms with E-state index < -0.39 is 16.3 Å². The lowest BCUT2D eigenvalue weighted by atomic mass is 10.0. The lowest BCUT2D eigenvalue weighted by Crippen LogP contribution is -2.31. The molecule has 1 aliphatic rings. The van der Waals surface area contributed by atoms with Crippen molar-refractivity contribution < 1.29 is 23.0 Å².